The van der Waals surface area contributed by atoms with Gasteiger partial charge in [-0.2, -0.15) is 5.10 Å². The molecule has 1 aromatic heterocycles. The number of aromatic nitrogens is 2. The normalized spacial score (nSPS) is 12.6. The van der Waals surface area contributed by atoms with Crippen LogP contribution in [0.5, 0.6) is 0 Å². The molecule has 3 aromatic rings. The summed E-state index contributed by atoms with van der Waals surface area (Å²) in [6, 6.07) is 17.5. The fraction of sp³-hybridized carbons (Fsp3) is 0.300. The molecular weight excluding hydrogens is 314 g/mol. The highest BCUT2D eigenvalue weighted by molar-refractivity contribution is 5.83. The summed E-state index contributed by atoms with van der Waals surface area (Å²) < 4.78 is 1.37. The quantitative estimate of drug-likeness (QED) is 0.749. The van der Waals surface area contributed by atoms with Crippen LogP contribution >= 0.6 is 0 Å². The van der Waals surface area contributed by atoms with E-state index in [-0.39, 0.29) is 12.1 Å². The van der Waals surface area contributed by atoms with Crippen LogP contribution in [0.3, 0.4) is 0 Å². The minimum atomic E-state index is -0.667. The first-order valence-corrected chi connectivity index (χ1v) is 8.41. The van der Waals surface area contributed by atoms with E-state index in [1.165, 1.54) is 10.2 Å². The number of benzene rings is 2. The zero-order valence-electron chi connectivity index (χ0n) is 14.6. The van der Waals surface area contributed by atoms with E-state index in [4.69, 9.17) is 0 Å². The molecule has 3 rings (SSSR count). The molecule has 0 aliphatic carbocycles. The molecule has 1 atom stereocenters. The summed E-state index contributed by atoms with van der Waals surface area (Å²) in [5.74, 6) is 0. The summed E-state index contributed by atoms with van der Waals surface area (Å²) in [6.07, 6.45) is -0.667. The average molecular weight is 337 g/mol. The van der Waals surface area contributed by atoms with Crippen molar-refractivity contribution in [3.05, 3.63) is 76.2 Å². The lowest BCUT2D eigenvalue weighted by atomic mass is 10.1. The molecule has 0 bridgehead atoms. The molecule has 5 heteroatoms. The van der Waals surface area contributed by atoms with E-state index in [2.05, 4.69) is 17.2 Å². The van der Waals surface area contributed by atoms with Gasteiger partial charge in [0.1, 0.15) is 0 Å². The first-order chi connectivity index (χ1) is 12.0. The zero-order valence-corrected chi connectivity index (χ0v) is 14.6. The van der Waals surface area contributed by atoms with E-state index >= 15 is 0 Å². The van der Waals surface area contributed by atoms with Crippen LogP contribution in [0.25, 0.3) is 10.8 Å². The number of rotatable bonds is 6. The highest BCUT2D eigenvalue weighted by Gasteiger charge is 2.13. The highest BCUT2D eigenvalue weighted by atomic mass is 16.3. The lowest BCUT2D eigenvalue weighted by Gasteiger charge is -2.21. The fourth-order valence-electron chi connectivity index (χ4n) is 3.11. The third-order valence-corrected chi connectivity index (χ3v) is 4.25. The van der Waals surface area contributed by atoms with Gasteiger partial charge >= 0.3 is 0 Å². The third-order valence-electron chi connectivity index (χ3n) is 4.25. The first kappa shape index (κ1) is 17.3. The number of aliphatic hydroxyl groups excluding tert-OH is 1. The minimum absolute atomic E-state index is 0.161. The molecule has 130 valence electrons. The Balaban J connectivity index is 1.70. The number of nitrogens with zero attached hydrogens (tertiary/aromatic N) is 3. The van der Waals surface area contributed by atoms with Crippen LogP contribution in [-0.2, 0) is 13.1 Å². The fourth-order valence-corrected chi connectivity index (χ4v) is 3.11. The Bertz CT molecular complexity index is 906. The smallest absolute Gasteiger partial charge is 0.274 e. The number of hydrogen-bond donors (Lipinski definition) is 1. The number of hydrogen-bond acceptors (Lipinski definition) is 4. The molecule has 5 nitrogen and oxygen atoms in total. The maximum Gasteiger partial charge on any atom is 0.274 e. The van der Waals surface area contributed by atoms with Crippen molar-refractivity contribution in [1.82, 2.24) is 14.7 Å². The lowest BCUT2D eigenvalue weighted by molar-refractivity contribution is 0.102. The highest BCUT2D eigenvalue weighted by Crippen LogP contribution is 2.12. The van der Waals surface area contributed by atoms with E-state index in [0.717, 1.165) is 17.6 Å². The second-order valence-electron chi connectivity index (χ2n) is 6.45. The monoisotopic (exact) mass is 337 g/mol. The van der Waals surface area contributed by atoms with Crippen molar-refractivity contribution in [3.63, 3.8) is 0 Å². The maximum atomic E-state index is 12.6. The van der Waals surface area contributed by atoms with Gasteiger partial charge in [-0.1, -0.05) is 48.5 Å². The van der Waals surface area contributed by atoms with Crippen LogP contribution < -0.4 is 5.56 Å². The molecule has 0 fully saturated rings. The van der Waals surface area contributed by atoms with Crippen LogP contribution in [0.1, 0.15) is 11.3 Å². The number of aliphatic hydroxyl groups is 1. The molecule has 0 unspecified atom stereocenters. The second-order valence-corrected chi connectivity index (χ2v) is 6.45. The topological polar surface area (TPSA) is 58.4 Å². The largest absolute Gasteiger partial charge is 0.390 e. The standard InChI is InChI=1S/C20H23N3O2/c1-15-18-10-6-7-11-19(18)20(25)23(21-15)14-17(24)13-22(2)12-16-8-4-3-5-9-16/h3-11,17,24H,12-14H2,1-2H3/t17-/m0/s1. The second kappa shape index (κ2) is 7.59. The van der Waals surface area contributed by atoms with Crippen molar-refractivity contribution < 1.29 is 5.11 Å². The predicted molar refractivity (Wildman–Crippen MR) is 99.5 cm³/mol. The van der Waals surface area contributed by atoms with Crippen molar-refractivity contribution in [1.29, 1.82) is 0 Å². The SMILES string of the molecule is Cc1nn(C[C@@H](O)CN(C)Cc2ccccc2)c(=O)c2ccccc12. The van der Waals surface area contributed by atoms with Gasteiger partial charge in [0.25, 0.3) is 5.56 Å². The minimum Gasteiger partial charge on any atom is -0.390 e. The van der Waals surface area contributed by atoms with E-state index in [9.17, 15) is 9.90 Å². The molecule has 0 saturated carbocycles. The lowest BCUT2D eigenvalue weighted by Crippen LogP contribution is -2.36. The van der Waals surface area contributed by atoms with E-state index in [1.54, 1.807) is 6.07 Å². The molecule has 0 spiro atoms. The van der Waals surface area contributed by atoms with Gasteiger partial charge in [-0.25, -0.2) is 4.68 Å². The molecule has 0 aliphatic rings. The van der Waals surface area contributed by atoms with Crippen LogP contribution in [0.4, 0.5) is 0 Å². The molecule has 2 aromatic carbocycles. The Hall–Kier alpha value is -2.50. The molecule has 0 radical (unpaired) electrons. The van der Waals surface area contributed by atoms with Crippen molar-refractivity contribution in [3.8, 4) is 0 Å². The van der Waals surface area contributed by atoms with Gasteiger partial charge in [-0.3, -0.25) is 9.69 Å². The number of likely N-dealkylation sites (N-methyl/N-ethyl adjacent to an activating group) is 1. The zero-order chi connectivity index (χ0) is 17.8. The molecule has 25 heavy (non-hydrogen) atoms. The van der Waals surface area contributed by atoms with Gasteiger partial charge in [-0.05, 0) is 25.6 Å². The summed E-state index contributed by atoms with van der Waals surface area (Å²) in [5.41, 5.74) is 1.82. The van der Waals surface area contributed by atoms with Crippen molar-refractivity contribution >= 4 is 10.8 Å². The molecule has 1 N–H and O–H groups in total. The van der Waals surface area contributed by atoms with Crippen molar-refractivity contribution in [2.24, 2.45) is 0 Å². The molecule has 1 heterocycles. The predicted octanol–water partition coefficient (Wildman–Crippen LogP) is 2.20. The summed E-state index contributed by atoms with van der Waals surface area (Å²) in [4.78, 5) is 14.6. The van der Waals surface area contributed by atoms with Gasteiger partial charge < -0.3 is 5.11 Å². The molecule has 0 aliphatic heterocycles. The Morgan fingerprint density at radius 2 is 1.72 bits per heavy atom. The summed E-state index contributed by atoms with van der Waals surface area (Å²) in [7, 11) is 1.96. The Morgan fingerprint density at radius 3 is 2.44 bits per heavy atom. The van der Waals surface area contributed by atoms with Crippen LogP contribution in [0.15, 0.2) is 59.4 Å². The van der Waals surface area contributed by atoms with Crippen LogP contribution in [-0.4, -0.2) is 39.5 Å². The average Bonchev–Trinajstić information content (AvgIpc) is 2.60. The number of fused-ring (bicyclic) bond motifs is 1. The van der Waals surface area contributed by atoms with Gasteiger partial charge in [0.2, 0.25) is 0 Å². The van der Waals surface area contributed by atoms with Crippen molar-refractivity contribution in [2.75, 3.05) is 13.6 Å². The van der Waals surface area contributed by atoms with E-state index < -0.39 is 6.10 Å². The van der Waals surface area contributed by atoms with Gasteiger partial charge in [-0.15, -0.1) is 0 Å². The number of aryl methyl sites for hydroxylation is 1. The van der Waals surface area contributed by atoms with Crippen LogP contribution in [0.2, 0.25) is 0 Å². The Morgan fingerprint density at radius 1 is 1.08 bits per heavy atom. The summed E-state index contributed by atoms with van der Waals surface area (Å²) >= 11 is 0. The Kier molecular flexibility index (Phi) is 5.26. The summed E-state index contributed by atoms with van der Waals surface area (Å²) in [5, 5.41) is 16.3. The molecule has 0 saturated heterocycles. The maximum absolute atomic E-state index is 12.6. The third kappa shape index (κ3) is 4.13. The van der Waals surface area contributed by atoms with Gasteiger partial charge in [0, 0.05) is 18.5 Å². The van der Waals surface area contributed by atoms with Gasteiger partial charge in [0.05, 0.1) is 23.7 Å². The Labute approximate surface area is 147 Å². The van der Waals surface area contributed by atoms with Gasteiger partial charge in [0.15, 0.2) is 0 Å². The molecular formula is C20H23N3O2. The first-order valence-electron chi connectivity index (χ1n) is 8.41. The summed E-state index contributed by atoms with van der Waals surface area (Å²) in [6.45, 7) is 3.28. The van der Waals surface area contributed by atoms with E-state index in [1.807, 2.05) is 55.3 Å². The van der Waals surface area contributed by atoms with E-state index in [0.29, 0.717) is 11.9 Å². The van der Waals surface area contributed by atoms with Crippen molar-refractivity contribution in [2.45, 2.75) is 26.1 Å². The van der Waals surface area contributed by atoms with Crippen LogP contribution in [0, 0.1) is 6.92 Å². The molecule has 0 amide bonds.